The fourth-order valence-corrected chi connectivity index (χ4v) is 5.14. The van der Waals surface area contributed by atoms with E-state index in [1.165, 1.54) is 3.71 Å². The Morgan fingerprint density at radius 2 is 1.82 bits per heavy atom. The van der Waals surface area contributed by atoms with Crippen molar-refractivity contribution in [2.45, 2.75) is 14.8 Å². The predicted molar refractivity (Wildman–Crippen MR) is 95.1 cm³/mol. The first-order chi connectivity index (χ1) is 10.3. The molecular formula is C15H29N5OSn. The molecule has 1 fully saturated rings. The number of aromatic nitrogens is 2. The monoisotopic (exact) mass is 415 g/mol. The summed E-state index contributed by atoms with van der Waals surface area (Å²) in [7, 11) is 4.05. The Kier molecular flexibility index (Phi) is 5.90. The Bertz CT molecular complexity index is 495. The molecule has 0 atom stereocenters. The summed E-state index contributed by atoms with van der Waals surface area (Å²) in [6, 6.07) is 0. The third kappa shape index (κ3) is 4.23. The fraction of sp³-hybridized carbons (Fsp3) is 0.733. The van der Waals surface area contributed by atoms with Gasteiger partial charge in [0.2, 0.25) is 0 Å². The zero-order valence-corrected chi connectivity index (χ0v) is 17.4. The van der Waals surface area contributed by atoms with Crippen LogP contribution in [0.5, 0.6) is 0 Å². The Hall–Kier alpha value is -0.601. The Labute approximate surface area is 138 Å². The second kappa shape index (κ2) is 7.31. The van der Waals surface area contributed by atoms with Crippen LogP contribution in [0.15, 0.2) is 6.20 Å². The van der Waals surface area contributed by atoms with E-state index in [4.69, 9.17) is 15.1 Å². The SMILES string of the molecule is CN(C)c1nc[c]([Sn]([CH3])([CH3])[CH3])nc1N1CCN(CCO)CC1. The maximum absolute atomic E-state index is 9.07. The molecule has 22 heavy (non-hydrogen) atoms. The van der Waals surface area contributed by atoms with E-state index in [9.17, 15) is 0 Å². The van der Waals surface area contributed by atoms with Gasteiger partial charge in [0.25, 0.3) is 0 Å². The van der Waals surface area contributed by atoms with Crippen molar-refractivity contribution >= 4 is 33.7 Å². The maximum atomic E-state index is 9.07. The van der Waals surface area contributed by atoms with Crippen molar-refractivity contribution < 1.29 is 5.11 Å². The summed E-state index contributed by atoms with van der Waals surface area (Å²) in [6.07, 6.45) is 1.98. The summed E-state index contributed by atoms with van der Waals surface area (Å²) in [5.41, 5.74) is 0. The minimum atomic E-state index is -2.22. The molecule has 1 N–H and O–H groups in total. The van der Waals surface area contributed by atoms with Crippen molar-refractivity contribution in [3.8, 4) is 0 Å². The van der Waals surface area contributed by atoms with Crippen molar-refractivity contribution in [3.63, 3.8) is 0 Å². The third-order valence-corrected chi connectivity index (χ3v) is 9.09. The van der Waals surface area contributed by atoms with E-state index in [2.05, 4.69) is 24.6 Å². The molecule has 6 nitrogen and oxygen atoms in total. The Morgan fingerprint density at radius 1 is 1.18 bits per heavy atom. The van der Waals surface area contributed by atoms with Gasteiger partial charge in [0.1, 0.15) is 0 Å². The van der Waals surface area contributed by atoms with Gasteiger partial charge in [-0.2, -0.15) is 0 Å². The normalized spacial score (nSPS) is 16.9. The molecule has 1 aromatic rings. The van der Waals surface area contributed by atoms with Crippen LogP contribution in [0.2, 0.25) is 14.8 Å². The van der Waals surface area contributed by atoms with Crippen molar-refractivity contribution in [1.82, 2.24) is 14.9 Å². The fourth-order valence-electron chi connectivity index (χ4n) is 2.59. The van der Waals surface area contributed by atoms with Crippen LogP contribution in [0, 0.1) is 0 Å². The first-order valence-electron chi connectivity index (χ1n) is 7.96. The second-order valence-electron chi connectivity index (χ2n) is 7.10. The van der Waals surface area contributed by atoms with Gasteiger partial charge in [0.15, 0.2) is 0 Å². The van der Waals surface area contributed by atoms with E-state index in [0.717, 1.165) is 44.4 Å². The molecule has 1 aliphatic heterocycles. The summed E-state index contributed by atoms with van der Waals surface area (Å²) >= 11 is -2.22. The van der Waals surface area contributed by atoms with Crippen LogP contribution in [0.3, 0.4) is 0 Å². The van der Waals surface area contributed by atoms with Crippen LogP contribution in [-0.4, -0.2) is 91.8 Å². The molecule has 0 spiro atoms. The number of nitrogens with zero attached hydrogens (tertiary/aromatic N) is 5. The number of hydrogen-bond acceptors (Lipinski definition) is 6. The number of anilines is 2. The molecule has 0 aliphatic carbocycles. The number of hydrogen-bond donors (Lipinski definition) is 1. The average Bonchev–Trinajstić information content (AvgIpc) is 2.47. The predicted octanol–water partition coefficient (Wildman–Crippen LogP) is 0.202. The van der Waals surface area contributed by atoms with Crippen LogP contribution < -0.4 is 13.5 Å². The van der Waals surface area contributed by atoms with Crippen molar-refractivity contribution in [2.75, 3.05) is 63.2 Å². The summed E-state index contributed by atoms with van der Waals surface area (Å²) in [4.78, 5) is 23.5. The van der Waals surface area contributed by atoms with Crippen LogP contribution in [0.25, 0.3) is 0 Å². The van der Waals surface area contributed by atoms with E-state index in [1.807, 2.05) is 25.2 Å². The molecule has 0 unspecified atom stereocenters. The summed E-state index contributed by atoms with van der Waals surface area (Å²) in [5.74, 6) is 1.98. The minimum absolute atomic E-state index is 0.233. The van der Waals surface area contributed by atoms with E-state index >= 15 is 0 Å². The van der Waals surface area contributed by atoms with Crippen molar-refractivity contribution in [1.29, 1.82) is 0 Å². The zero-order valence-electron chi connectivity index (χ0n) is 14.5. The first-order valence-corrected chi connectivity index (χ1v) is 17.9. The molecule has 124 valence electrons. The van der Waals surface area contributed by atoms with E-state index in [-0.39, 0.29) is 6.61 Å². The zero-order chi connectivity index (χ0) is 16.3. The number of β-amino-alcohol motifs (C(OH)–C–C–N with tert-alkyl or cyclic N) is 1. The molecule has 0 bridgehead atoms. The van der Waals surface area contributed by atoms with Gasteiger partial charge >= 0.3 is 138 Å². The number of piperazine rings is 1. The van der Waals surface area contributed by atoms with E-state index < -0.39 is 18.4 Å². The number of aliphatic hydroxyl groups excluding tert-OH is 1. The Balaban J connectivity index is 2.24. The summed E-state index contributed by atoms with van der Waals surface area (Å²) in [6.45, 7) is 4.82. The molecule has 0 radical (unpaired) electrons. The van der Waals surface area contributed by atoms with E-state index in [0.29, 0.717) is 0 Å². The molecule has 1 aromatic heterocycles. The molecule has 2 heterocycles. The van der Waals surface area contributed by atoms with Crippen LogP contribution in [0.4, 0.5) is 11.6 Å². The number of aliphatic hydroxyl groups is 1. The quantitative estimate of drug-likeness (QED) is 0.696. The molecule has 0 aromatic carbocycles. The van der Waals surface area contributed by atoms with Gasteiger partial charge in [0, 0.05) is 0 Å². The standard InChI is InChI=1S/C12H20N5O.3CH3.Sn/c1-15(2)11-12(14-4-3-13-11)17-7-5-16(6-8-17)9-10-18;;;;/h3,18H,5-10H2,1-2H3;3*1H3;. The third-order valence-electron chi connectivity index (χ3n) is 4.02. The molecule has 1 saturated heterocycles. The average molecular weight is 414 g/mol. The molecule has 0 saturated carbocycles. The van der Waals surface area contributed by atoms with Gasteiger partial charge in [-0.1, -0.05) is 0 Å². The van der Waals surface area contributed by atoms with Crippen LogP contribution >= 0.6 is 0 Å². The Morgan fingerprint density at radius 3 is 2.32 bits per heavy atom. The van der Waals surface area contributed by atoms with Crippen LogP contribution in [0.1, 0.15) is 0 Å². The number of rotatable bonds is 5. The van der Waals surface area contributed by atoms with E-state index in [1.54, 1.807) is 0 Å². The molecule has 7 heteroatoms. The van der Waals surface area contributed by atoms with Gasteiger partial charge < -0.3 is 0 Å². The van der Waals surface area contributed by atoms with Gasteiger partial charge in [-0.3, -0.25) is 0 Å². The van der Waals surface area contributed by atoms with Gasteiger partial charge in [-0.05, 0) is 0 Å². The van der Waals surface area contributed by atoms with Gasteiger partial charge in [-0.25, -0.2) is 0 Å². The topological polar surface area (TPSA) is 55.7 Å². The van der Waals surface area contributed by atoms with Gasteiger partial charge in [-0.15, -0.1) is 0 Å². The summed E-state index contributed by atoms with van der Waals surface area (Å²) < 4.78 is 1.23. The summed E-state index contributed by atoms with van der Waals surface area (Å²) in [5, 5.41) is 9.07. The second-order valence-corrected chi connectivity index (χ2v) is 21.4. The van der Waals surface area contributed by atoms with Crippen molar-refractivity contribution in [2.24, 2.45) is 0 Å². The van der Waals surface area contributed by atoms with Gasteiger partial charge in [0.05, 0.1) is 0 Å². The first kappa shape index (κ1) is 17.7. The van der Waals surface area contributed by atoms with Crippen molar-refractivity contribution in [3.05, 3.63) is 6.20 Å². The molecule has 2 rings (SSSR count). The van der Waals surface area contributed by atoms with Crippen LogP contribution in [-0.2, 0) is 0 Å². The molecular weight excluding hydrogens is 385 g/mol. The molecule has 1 aliphatic rings. The molecule has 0 amide bonds.